The minimum absolute atomic E-state index is 0.0315. The highest BCUT2D eigenvalue weighted by Crippen LogP contribution is 2.28. The highest BCUT2D eigenvalue weighted by Gasteiger charge is 2.34. The van der Waals surface area contributed by atoms with Gasteiger partial charge in [-0.1, -0.05) is 49.7 Å². The Morgan fingerprint density at radius 3 is 2.44 bits per heavy atom. The molecule has 0 radical (unpaired) electrons. The summed E-state index contributed by atoms with van der Waals surface area (Å²) < 4.78 is 0. The Hall–Kier alpha value is -2.14. The van der Waals surface area contributed by atoms with E-state index >= 15 is 0 Å². The molecule has 1 aliphatic rings. The van der Waals surface area contributed by atoms with Crippen molar-refractivity contribution in [3.05, 3.63) is 58.3 Å². The van der Waals surface area contributed by atoms with E-state index in [4.69, 9.17) is 0 Å². The van der Waals surface area contributed by atoms with E-state index in [1.807, 2.05) is 51.6 Å². The molecule has 1 aliphatic carbocycles. The average Bonchev–Trinajstić information content (AvgIpc) is 3.40. The van der Waals surface area contributed by atoms with Gasteiger partial charge in [-0.3, -0.25) is 9.59 Å². The van der Waals surface area contributed by atoms with Crippen LogP contribution in [-0.2, 0) is 22.7 Å². The molecule has 1 fully saturated rings. The predicted molar refractivity (Wildman–Crippen MR) is 109 cm³/mol. The maximum atomic E-state index is 13.1. The first-order chi connectivity index (χ1) is 13.2. The zero-order chi connectivity index (χ0) is 19.1. The Bertz CT molecular complexity index is 726. The molecule has 2 amide bonds. The molecule has 0 unspecified atom stereocenters. The summed E-state index contributed by atoms with van der Waals surface area (Å²) in [6, 6.07) is 14.4. The van der Waals surface area contributed by atoms with Crippen LogP contribution in [0.25, 0.3) is 0 Å². The number of carbonyl (C=O) groups is 2. The van der Waals surface area contributed by atoms with E-state index in [1.165, 1.54) is 0 Å². The van der Waals surface area contributed by atoms with E-state index in [1.54, 1.807) is 11.3 Å². The van der Waals surface area contributed by atoms with Gasteiger partial charge in [-0.25, -0.2) is 0 Å². The van der Waals surface area contributed by atoms with E-state index in [2.05, 4.69) is 13.0 Å². The molecule has 0 bridgehead atoms. The number of thiophene rings is 1. The summed E-state index contributed by atoms with van der Waals surface area (Å²) >= 11 is 1.66. The summed E-state index contributed by atoms with van der Waals surface area (Å²) in [7, 11) is 0. The van der Waals surface area contributed by atoms with Gasteiger partial charge < -0.3 is 9.80 Å². The molecule has 5 heteroatoms. The molecule has 3 rings (SSSR count). The fourth-order valence-electron chi connectivity index (χ4n) is 3.15. The molecule has 0 aliphatic heterocycles. The van der Waals surface area contributed by atoms with Gasteiger partial charge in [-0.15, -0.1) is 11.3 Å². The second-order valence-corrected chi connectivity index (χ2v) is 8.20. The SMILES string of the molecule is CCCCC(=O)N(CC(=O)N(Cc1ccccc1)Cc1cccs1)C1CC1. The maximum absolute atomic E-state index is 13.1. The smallest absolute Gasteiger partial charge is 0.242 e. The normalized spacial score (nSPS) is 13.4. The first-order valence-corrected chi connectivity index (χ1v) is 10.7. The van der Waals surface area contributed by atoms with Crippen molar-refractivity contribution in [2.24, 2.45) is 0 Å². The molecule has 1 aromatic heterocycles. The van der Waals surface area contributed by atoms with Gasteiger partial charge in [0.05, 0.1) is 6.54 Å². The number of hydrogen-bond donors (Lipinski definition) is 0. The van der Waals surface area contributed by atoms with Crippen molar-refractivity contribution in [1.82, 2.24) is 9.80 Å². The second-order valence-electron chi connectivity index (χ2n) is 7.17. The lowest BCUT2D eigenvalue weighted by Crippen LogP contribution is -2.43. The molecular weight excluding hydrogens is 356 g/mol. The quantitative estimate of drug-likeness (QED) is 0.607. The topological polar surface area (TPSA) is 40.6 Å². The van der Waals surface area contributed by atoms with Crippen LogP contribution in [0.15, 0.2) is 47.8 Å². The van der Waals surface area contributed by atoms with E-state index < -0.39 is 0 Å². The number of carbonyl (C=O) groups excluding carboxylic acids is 2. The van der Waals surface area contributed by atoms with Gasteiger partial charge >= 0.3 is 0 Å². The molecule has 4 nitrogen and oxygen atoms in total. The van der Waals surface area contributed by atoms with Crippen LogP contribution in [0.2, 0.25) is 0 Å². The fraction of sp³-hybridized carbons (Fsp3) is 0.455. The summed E-state index contributed by atoms with van der Waals surface area (Å²) in [6.07, 6.45) is 4.48. The van der Waals surface area contributed by atoms with Gasteiger partial charge in [0, 0.05) is 23.9 Å². The van der Waals surface area contributed by atoms with Crippen molar-refractivity contribution in [2.45, 2.75) is 58.2 Å². The van der Waals surface area contributed by atoms with Crippen LogP contribution in [0.1, 0.15) is 49.5 Å². The lowest BCUT2D eigenvalue weighted by molar-refractivity contribution is -0.141. The molecule has 1 aromatic carbocycles. The second kappa shape index (κ2) is 9.70. The van der Waals surface area contributed by atoms with Gasteiger partial charge in [-0.05, 0) is 36.3 Å². The summed E-state index contributed by atoms with van der Waals surface area (Å²) in [5.41, 5.74) is 1.11. The van der Waals surface area contributed by atoms with Crippen molar-refractivity contribution in [3.63, 3.8) is 0 Å². The third kappa shape index (κ3) is 5.93. The van der Waals surface area contributed by atoms with Crippen LogP contribution in [0.5, 0.6) is 0 Å². The average molecular weight is 385 g/mol. The van der Waals surface area contributed by atoms with Crippen LogP contribution in [0, 0.1) is 0 Å². The number of amides is 2. The van der Waals surface area contributed by atoms with E-state index in [9.17, 15) is 9.59 Å². The molecule has 27 heavy (non-hydrogen) atoms. The van der Waals surface area contributed by atoms with Gasteiger partial charge in [-0.2, -0.15) is 0 Å². The Labute approximate surface area is 165 Å². The number of rotatable bonds is 10. The number of hydrogen-bond acceptors (Lipinski definition) is 3. The molecule has 0 atom stereocenters. The van der Waals surface area contributed by atoms with Crippen molar-refractivity contribution in [2.75, 3.05) is 6.54 Å². The molecule has 0 spiro atoms. The molecule has 0 saturated heterocycles. The molecule has 144 valence electrons. The highest BCUT2D eigenvalue weighted by molar-refractivity contribution is 7.09. The van der Waals surface area contributed by atoms with Crippen LogP contribution >= 0.6 is 11.3 Å². The zero-order valence-corrected chi connectivity index (χ0v) is 16.8. The highest BCUT2D eigenvalue weighted by atomic mass is 32.1. The molecule has 1 saturated carbocycles. The van der Waals surface area contributed by atoms with E-state index in [0.29, 0.717) is 19.5 Å². The Kier molecular flexibility index (Phi) is 7.04. The molecule has 2 aromatic rings. The lowest BCUT2D eigenvalue weighted by atomic mass is 10.2. The number of nitrogens with zero attached hydrogens (tertiary/aromatic N) is 2. The van der Waals surface area contributed by atoms with Gasteiger partial charge in [0.15, 0.2) is 0 Å². The van der Waals surface area contributed by atoms with Crippen molar-refractivity contribution in [3.8, 4) is 0 Å². The Morgan fingerprint density at radius 1 is 1.04 bits per heavy atom. The van der Waals surface area contributed by atoms with E-state index in [-0.39, 0.29) is 24.4 Å². The standard InChI is InChI=1S/C22H28N2O2S/c1-2-3-11-21(25)24(19-12-13-19)17-22(26)23(16-20-10-7-14-27-20)15-18-8-5-4-6-9-18/h4-10,14,19H,2-3,11-13,15-17H2,1H3. The van der Waals surface area contributed by atoms with Gasteiger partial charge in [0.1, 0.15) is 6.54 Å². The van der Waals surface area contributed by atoms with Crippen LogP contribution in [0.3, 0.4) is 0 Å². The van der Waals surface area contributed by atoms with E-state index in [0.717, 1.165) is 36.1 Å². The summed E-state index contributed by atoms with van der Waals surface area (Å²) in [4.78, 5) is 30.6. The molecular formula is C22H28N2O2S. The lowest BCUT2D eigenvalue weighted by Gasteiger charge is -2.28. The van der Waals surface area contributed by atoms with Crippen LogP contribution in [-0.4, -0.2) is 34.2 Å². The van der Waals surface area contributed by atoms with Gasteiger partial charge in [0.25, 0.3) is 0 Å². The van der Waals surface area contributed by atoms with Crippen molar-refractivity contribution >= 4 is 23.2 Å². The van der Waals surface area contributed by atoms with Crippen molar-refractivity contribution < 1.29 is 9.59 Å². The first kappa shape index (κ1) is 19.6. The third-order valence-corrected chi connectivity index (χ3v) is 5.71. The summed E-state index contributed by atoms with van der Waals surface area (Å²) in [5.74, 6) is 0.160. The predicted octanol–water partition coefficient (Wildman–Crippen LogP) is 4.46. The third-order valence-electron chi connectivity index (χ3n) is 4.85. The Morgan fingerprint density at radius 2 is 1.81 bits per heavy atom. The van der Waals surface area contributed by atoms with Crippen molar-refractivity contribution in [1.29, 1.82) is 0 Å². The maximum Gasteiger partial charge on any atom is 0.242 e. The Balaban J connectivity index is 1.69. The fourth-order valence-corrected chi connectivity index (χ4v) is 3.87. The number of benzene rings is 1. The van der Waals surface area contributed by atoms with Crippen LogP contribution < -0.4 is 0 Å². The van der Waals surface area contributed by atoms with Crippen LogP contribution in [0.4, 0.5) is 0 Å². The monoisotopic (exact) mass is 384 g/mol. The summed E-state index contributed by atoms with van der Waals surface area (Å²) in [6.45, 7) is 3.44. The largest absolute Gasteiger partial charge is 0.332 e. The zero-order valence-electron chi connectivity index (χ0n) is 16.0. The van der Waals surface area contributed by atoms with Gasteiger partial charge in [0.2, 0.25) is 11.8 Å². The molecule has 0 N–H and O–H groups in total. The first-order valence-electron chi connectivity index (χ1n) is 9.81. The molecule has 1 heterocycles. The minimum atomic E-state index is 0.0315. The summed E-state index contributed by atoms with van der Waals surface area (Å²) in [5, 5.41) is 2.03. The number of unbranched alkanes of at least 4 members (excludes halogenated alkanes) is 1. The minimum Gasteiger partial charge on any atom is -0.332 e.